The molecule has 27 heavy (non-hydrogen) atoms. The van der Waals surface area contributed by atoms with Gasteiger partial charge in [0, 0.05) is 23.8 Å². The maximum absolute atomic E-state index is 6.00. The normalized spacial score (nSPS) is 19.8. The Labute approximate surface area is 158 Å². The molecular weight excluding hydrogens is 342 g/mol. The van der Waals surface area contributed by atoms with Crippen LogP contribution in [0.1, 0.15) is 32.6 Å². The number of anilines is 3. The third-order valence-electron chi connectivity index (χ3n) is 4.78. The van der Waals surface area contributed by atoms with E-state index < -0.39 is 0 Å². The molecule has 0 spiro atoms. The van der Waals surface area contributed by atoms with Crippen LogP contribution in [-0.4, -0.2) is 38.3 Å². The molecule has 0 unspecified atom stereocenters. The summed E-state index contributed by atoms with van der Waals surface area (Å²) in [5.41, 5.74) is 7.65. The van der Waals surface area contributed by atoms with E-state index in [-0.39, 0.29) is 0 Å². The number of hydrogen-bond donors (Lipinski definition) is 3. The topological polar surface area (TPSA) is 102 Å². The van der Waals surface area contributed by atoms with E-state index in [0.29, 0.717) is 30.6 Å². The zero-order valence-electron chi connectivity index (χ0n) is 15.4. The van der Waals surface area contributed by atoms with Gasteiger partial charge in [-0.25, -0.2) is 0 Å². The number of benzene rings is 1. The molecule has 0 saturated heterocycles. The summed E-state index contributed by atoms with van der Waals surface area (Å²) in [6.07, 6.45) is 5.86. The molecule has 1 aliphatic carbocycles. The lowest BCUT2D eigenvalue weighted by Gasteiger charge is -2.26. The highest BCUT2D eigenvalue weighted by Gasteiger charge is 2.20. The van der Waals surface area contributed by atoms with Crippen LogP contribution < -0.4 is 21.1 Å². The summed E-state index contributed by atoms with van der Waals surface area (Å²) in [6.45, 7) is 2.61. The first-order valence-corrected chi connectivity index (χ1v) is 9.45. The number of nitrogens with two attached hydrogens (primary N) is 1. The van der Waals surface area contributed by atoms with Gasteiger partial charge in [-0.05, 0) is 56.9 Å². The summed E-state index contributed by atoms with van der Waals surface area (Å²) in [7, 11) is 0. The quantitative estimate of drug-likeness (QED) is 0.615. The maximum atomic E-state index is 6.00. The number of rotatable bonds is 6. The van der Waals surface area contributed by atoms with Crippen LogP contribution in [-0.2, 0) is 0 Å². The molecule has 1 aliphatic rings. The molecule has 8 nitrogen and oxygen atoms in total. The van der Waals surface area contributed by atoms with E-state index in [1.54, 1.807) is 10.7 Å². The molecule has 0 atom stereocenters. The summed E-state index contributed by atoms with van der Waals surface area (Å²) in [4.78, 5) is 9.22. The lowest BCUT2D eigenvalue weighted by molar-refractivity contribution is 0.340. The van der Waals surface area contributed by atoms with Crippen molar-refractivity contribution in [2.75, 3.05) is 17.2 Å². The highest BCUT2D eigenvalue weighted by atomic mass is 16.5. The van der Waals surface area contributed by atoms with Gasteiger partial charge in [0.05, 0.1) is 12.8 Å². The fraction of sp³-hybridized carbons (Fsp3) is 0.421. The van der Waals surface area contributed by atoms with Crippen LogP contribution in [0.4, 0.5) is 17.6 Å². The van der Waals surface area contributed by atoms with Crippen LogP contribution in [0.3, 0.4) is 0 Å². The summed E-state index contributed by atoms with van der Waals surface area (Å²) in [5, 5.41) is 11.1. The summed E-state index contributed by atoms with van der Waals surface area (Å²) in [5.74, 6) is 2.06. The molecule has 4 N–H and O–H groups in total. The molecule has 4 rings (SSSR count). The number of hydrogen-bond acceptors (Lipinski definition) is 7. The largest absolute Gasteiger partial charge is 0.494 e. The van der Waals surface area contributed by atoms with Crippen molar-refractivity contribution in [1.82, 2.24) is 19.6 Å². The Morgan fingerprint density at radius 2 is 1.89 bits per heavy atom. The Morgan fingerprint density at radius 1 is 1.11 bits per heavy atom. The molecule has 1 aromatic carbocycles. The van der Waals surface area contributed by atoms with E-state index in [2.05, 4.69) is 25.7 Å². The van der Waals surface area contributed by atoms with E-state index >= 15 is 0 Å². The molecule has 8 heteroatoms. The Morgan fingerprint density at radius 3 is 2.63 bits per heavy atom. The Balaban J connectivity index is 1.55. The van der Waals surface area contributed by atoms with E-state index in [0.717, 1.165) is 42.8 Å². The number of fused-ring (bicyclic) bond motifs is 1. The fourth-order valence-corrected chi connectivity index (χ4v) is 3.35. The highest BCUT2D eigenvalue weighted by molar-refractivity contribution is 5.59. The second-order valence-corrected chi connectivity index (χ2v) is 6.81. The first-order valence-electron chi connectivity index (χ1n) is 9.45. The predicted molar refractivity (Wildman–Crippen MR) is 106 cm³/mol. The van der Waals surface area contributed by atoms with Crippen LogP contribution in [0, 0.1) is 0 Å². The van der Waals surface area contributed by atoms with E-state index in [4.69, 9.17) is 10.5 Å². The molecule has 2 aromatic heterocycles. The van der Waals surface area contributed by atoms with Crippen molar-refractivity contribution in [2.24, 2.45) is 5.73 Å². The van der Waals surface area contributed by atoms with E-state index in [1.807, 2.05) is 37.3 Å². The molecule has 0 aliphatic heterocycles. The van der Waals surface area contributed by atoms with Gasteiger partial charge in [-0.15, -0.1) is 0 Å². The van der Waals surface area contributed by atoms with Crippen LogP contribution in [0.5, 0.6) is 5.75 Å². The van der Waals surface area contributed by atoms with Gasteiger partial charge in [0.2, 0.25) is 11.9 Å². The first-order chi connectivity index (χ1) is 13.2. The first kappa shape index (κ1) is 17.5. The Bertz CT molecular complexity index is 885. The van der Waals surface area contributed by atoms with Crippen LogP contribution >= 0.6 is 0 Å². The molecule has 0 bridgehead atoms. The third-order valence-corrected chi connectivity index (χ3v) is 4.78. The predicted octanol–water partition coefficient (Wildman–Crippen LogP) is 2.95. The molecule has 2 heterocycles. The second kappa shape index (κ2) is 7.79. The van der Waals surface area contributed by atoms with Crippen LogP contribution in [0.25, 0.3) is 5.65 Å². The van der Waals surface area contributed by atoms with Crippen molar-refractivity contribution >= 4 is 23.2 Å². The Hall–Kier alpha value is -2.87. The van der Waals surface area contributed by atoms with Crippen molar-refractivity contribution < 1.29 is 4.74 Å². The van der Waals surface area contributed by atoms with Crippen molar-refractivity contribution in [2.45, 2.75) is 44.7 Å². The molecular formula is C19H25N7O. The fourth-order valence-electron chi connectivity index (χ4n) is 3.35. The Kier molecular flexibility index (Phi) is 5.06. The molecule has 3 aromatic rings. The van der Waals surface area contributed by atoms with Crippen molar-refractivity contribution in [1.29, 1.82) is 0 Å². The van der Waals surface area contributed by atoms with Crippen molar-refractivity contribution in [3.05, 3.63) is 36.5 Å². The minimum Gasteiger partial charge on any atom is -0.494 e. The number of nitrogens with one attached hydrogen (secondary N) is 2. The molecule has 0 amide bonds. The minimum atomic E-state index is 0.318. The number of nitrogens with zero attached hydrogens (tertiary/aromatic N) is 4. The monoisotopic (exact) mass is 367 g/mol. The van der Waals surface area contributed by atoms with Gasteiger partial charge in [-0.2, -0.15) is 19.6 Å². The van der Waals surface area contributed by atoms with Gasteiger partial charge in [0.25, 0.3) is 0 Å². The SMILES string of the molecule is CCOc1ccc(Nc2nc(NC3CCC(N)CC3)nc3ccnn23)cc1. The average Bonchev–Trinajstić information content (AvgIpc) is 3.14. The van der Waals surface area contributed by atoms with Crippen LogP contribution in [0.15, 0.2) is 36.5 Å². The molecule has 0 radical (unpaired) electrons. The minimum absolute atomic E-state index is 0.318. The molecule has 1 fully saturated rings. The third kappa shape index (κ3) is 4.11. The van der Waals surface area contributed by atoms with Gasteiger partial charge in [-0.1, -0.05) is 0 Å². The maximum Gasteiger partial charge on any atom is 0.233 e. The average molecular weight is 367 g/mol. The van der Waals surface area contributed by atoms with Crippen molar-refractivity contribution in [3.63, 3.8) is 0 Å². The lowest BCUT2D eigenvalue weighted by Crippen LogP contribution is -2.33. The van der Waals surface area contributed by atoms with Gasteiger partial charge in [0.15, 0.2) is 5.65 Å². The van der Waals surface area contributed by atoms with Gasteiger partial charge < -0.3 is 21.1 Å². The molecule has 1 saturated carbocycles. The highest BCUT2D eigenvalue weighted by Crippen LogP contribution is 2.23. The summed E-state index contributed by atoms with van der Waals surface area (Å²) in [6, 6.07) is 10.3. The number of ether oxygens (including phenoxy) is 1. The summed E-state index contributed by atoms with van der Waals surface area (Å²) < 4.78 is 7.18. The zero-order valence-corrected chi connectivity index (χ0v) is 15.4. The molecule has 142 valence electrons. The van der Waals surface area contributed by atoms with Gasteiger partial charge >= 0.3 is 0 Å². The van der Waals surface area contributed by atoms with Gasteiger partial charge in [0.1, 0.15) is 5.75 Å². The zero-order chi connectivity index (χ0) is 18.6. The van der Waals surface area contributed by atoms with E-state index in [1.165, 1.54) is 0 Å². The number of aromatic nitrogens is 4. The second-order valence-electron chi connectivity index (χ2n) is 6.81. The lowest BCUT2D eigenvalue weighted by atomic mass is 9.92. The van der Waals surface area contributed by atoms with E-state index in [9.17, 15) is 0 Å². The van der Waals surface area contributed by atoms with Gasteiger partial charge in [-0.3, -0.25) is 0 Å². The smallest absolute Gasteiger partial charge is 0.233 e. The van der Waals surface area contributed by atoms with Crippen LogP contribution in [0.2, 0.25) is 0 Å². The standard InChI is InChI=1S/C19H25N7O/c1-2-27-16-9-7-15(8-10-16)23-19-25-18(24-17-11-12-21-26(17)19)22-14-5-3-13(20)4-6-14/h7-14H,2-6,20H2,1H3,(H2,22,23,24,25). The summed E-state index contributed by atoms with van der Waals surface area (Å²) >= 11 is 0. The van der Waals surface area contributed by atoms with Crippen molar-refractivity contribution in [3.8, 4) is 5.75 Å².